The fraction of sp³-hybridized carbons (Fsp3) is 0.115. The Morgan fingerprint density at radius 3 is 2.69 bits per heavy atom. The minimum absolute atomic E-state index is 0.210. The number of aromatic nitrogens is 5. The lowest BCUT2D eigenvalue weighted by Gasteiger charge is -2.10. The highest BCUT2D eigenvalue weighted by Crippen LogP contribution is 2.28. The third kappa shape index (κ3) is 5.99. The third-order valence-electron chi connectivity index (χ3n) is 5.26. The summed E-state index contributed by atoms with van der Waals surface area (Å²) in [6.07, 6.45) is 4.07. The molecule has 2 aromatic carbocycles. The minimum atomic E-state index is -0.210. The Morgan fingerprint density at radius 1 is 1.03 bits per heavy atom. The van der Waals surface area contributed by atoms with Crippen LogP contribution in [0.2, 0.25) is 5.02 Å². The monoisotopic (exact) mass is 532 g/mol. The maximum absolute atomic E-state index is 12.5. The summed E-state index contributed by atoms with van der Waals surface area (Å²) in [5, 5.41) is 15.8. The Hall–Kier alpha value is -3.53. The summed E-state index contributed by atoms with van der Waals surface area (Å²) >= 11 is 9.26. The van der Waals surface area contributed by atoms with Gasteiger partial charge in [0, 0.05) is 35.8 Å². The fourth-order valence-corrected chi connectivity index (χ4v) is 5.49. The summed E-state index contributed by atoms with van der Waals surface area (Å²) in [5.74, 6) is 1.17. The van der Waals surface area contributed by atoms with Crippen molar-refractivity contribution in [1.29, 1.82) is 0 Å². The number of rotatable bonds is 9. The first kappa shape index (κ1) is 24.2. The summed E-state index contributed by atoms with van der Waals surface area (Å²) in [5.41, 5.74) is 3.38. The lowest BCUT2D eigenvalue weighted by Crippen LogP contribution is -2.23. The molecule has 1 amide bonds. The molecule has 0 radical (unpaired) electrons. The average molecular weight is 533 g/mol. The van der Waals surface area contributed by atoms with Crippen molar-refractivity contribution in [3.05, 3.63) is 117 Å². The van der Waals surface area contributed by atoms with Crippen molar-refractivity contribution < 1.29 is 4.79 Å². The molecule has 36 heavy (non-hydrogen) atoms. The lowest BCUT2D eigenvalue weighted by atomic mass is 10.1. The zero-order valence-corrected chi connectivity index (χ0v) is 21.4. The predicted molar refractivity (Wildman–Crippen MR) is 143 cm³/mol. The second kappa shape index (κ2) is 11.5. The van der Waals surface area contributed by atoms with Gasteiger partial charge in [0.05, 0.1) is 11.4 Å². The Morgan fingerprint density at radius 2 is 1.89 bits per heavy atom. The molecule has 3 heterocycles. The van der Waals surface area contributed by atoms with Crippen molar-refractivity contribution >= 4 is 40.6 Å². The van der Waals surface area contributed by atoms with Crippen molar-refractivity contribution in [3.8, 4) is 5.69 Å². The molecule has 0 saturated carbocycles. The van der Waals surface area contributed by atoms with E-state index in [0.717, 1.165) is 32.8 Å². The van der Waals surface area contributed by atoms with Crippen LogP contribution in [0.15, 0.2) is 89.7 Å². The van der Waals surface area contributed by atoms with E-state index < -0.39 is 0 Å². The third-order valence-corrected chi connectivity index (χ3v) is 7.46. The first-order valence-corrected chi connectivity index (χ1v) is 13.4. The number of amides is 1. The number of hydrogen-bond donors (Lipinski definition) is 1. The van der Waals surface area contributed by atoms with Crippen LogP contribution < -0.4 is 5.32 Å². The van der Waals surface area contributed by atoms with E-state index in [4.69, 9.17) is 11.6 Å². The molecule has 0 atom stereocenters. The Balaban J connectivity index is 1.30. The Labute approximate surface area is 221 Å². The number of nitrogens with one attached hydrogen (secondary N) is 1. The van der Waals surface area contributed by atoms with E-state index in [1.165, 1.54) is 23.1 Å². The van der Waals surface area contributed by atoms with Crippen LogP contribution >= 0.6 is 34.7 Å². The normalized spacial score (nSPS) is 10.9. The van der Waals surface area contributed by atoms with Crippen LogP contribution in [0.4, 0.5) is 0 Å². The van der Waals surface area contributed by atoms with Gasteiger partial charge in [-0.3, -0.25) is 14.3 Å². The van der Waals surface area contributed by atoms with Crippen LogP contribution in [-0.4, -0.2) is 30.6 Å². The highest BCUT2D eigenvalue weighted by Gasteiger charge is 2.17. The maximum Gasteiger partial charge on any atom is 0.271 e. The van der Waals surface area contributed by atoms with Crippen LogP contribution in [0.1, 0.15) is 32.4 Å². The molecular formula is C26H21ClN6OS2. The predicted octanol–water partition coefficient (Wildman–Crippen LogP) is 5.59. The standard InChI is InChI=1S/C26H21ClN6OS2/c27-20-9-4-10-21(13-20)33-23(12-18-6-2-1-3-7-18)31-32-26(33)36-17-24-30-22(16-35-24)25(34)29-15-19-8-5-11-28-14-19/h1-11,13-14,16H,12,15,17H2,(H,29,34). The lowest BCUT2D eigenvalue weighted by molar-refractivity contribution is 0.0946. The molecule has 0 saturated heterocycles. The highest BCUT2D eigenvalue weighted by atomic mass is 35.5. The number of nitrogens with zero attached hydrogens (tertiary/aromatic N) is 5. The molecule has 0 aliphatic rings. The van der Waals surface area contributed by atoms with E-state index in [-0.39, 0.29) is 5.91 Å². The molecule has 5 aromatic rings. The van der Waals surface area contributed by atoms with Crippen molar-refractivity contribution in [3.63, 3.8) is 0 Å². The summed E-state index contributed by atoms with van der Waals surface area (Å²) in [6, 6.07) is 21.6. The molecule has 0 aliphatic heterocycles. The molecule has 0 unspecified atom stereocenters. The number of thioether (sulfide) groups is 1. The van der Waals surface area contributed by atoms with Crippen molar-refractivity contribution in [2.45, 2.75) is 23.9 Å². The fourth-order valence-electron chi connectivity index (χ4n) is 3.54. The molecule has 1 N–H and O–H groups in total. The van der Waals surface area contributed by atoms with Gasteiger partial charge < -0.3 is 5.32 Å². The van der Waals surface area contributed by atoms with Gasteiger partial charge >= 0.3 is 0 Å². The van der Waals surface area contributed by atoms with Crippen molar-refractivity contribution in [1.82, 2.24) is 30.0 Å². The number of thiazole rings is 1. The first-order valence-electron chi connectivity index (χ1n) is 11.1. The van der Waals surface area contributed by atoms with Crippen LogP contribution in [-0.2, 0) is 18.7 Å². The molecule has 0 spiro atoms. The molecule has 0 bridgehead atoms. The van der Waals surface area contributed by atoms with E-state index in [9.17, 15) is 4.79 Å². The number of pyridine rings is 1. The topological polar surface area (TPSA) is 85.6 Å². The van der Waals surface area contributed by atoms with Gasteiger partial charge in [-0.25, -0.2) is 4.98 Å². The van der Waals surface area contributed by atoms with E-state index >= 15 is 0 Å². The average Bonchev–Trinajstić information content (AvgIpc) is 3.54. The zero-order valence-electron chi connectivity index (χ0n) is 19.0. The van der Waals surface area contributed by atoms with Crippen LogP contribution in [0.3, 0.4) is 0 Å². The highest BCUT2D eigenvalue weighted by molar-refractivity contribution is 7.98. The molecule has 7 nitrogen and oxygen atoms in total. The molecule has 0 fully saturated rings. The van der Waals surface area contributed by atoms with E-state index in [1.54, 1.807) is 17.8 Å². The van der Waals surface area contributed by atoms with Gasteiger partial charge in [0.1, 0.15) is 16.5 Å². The summed E-state index contributed by atoms with van der Waals surface area (Å²) in [4.78, 5) is 21.1. The largest absolute Gasteiger partial charge is 0.347 e. The summed E-state index contributed by atoms with van der Waals surface area (Å²) in [6.45, 7) is 0.404. The van der Waals surface area contributed by atoms with Gasteiger partial charge in [0.2, 0.25) is 0 Å². The number of carbonyl (C=O) groups is 1. The second-order valence-electron chi connectivity index (χ2n) is 7.84. The zero-order chi connectivity index (χ0) is 24.7. The van der Waals surface area contributed by atoms with Gasteiger partial charge in [0.25, 0.3) is 5.91 Å². The Kier molecular flexibility index (Phi) is 7.70. The molecule has 3 aromatic heterocycles. The van der Waals surface area contributed by atoms with Crippen molar-refractivity contribution in [2.75, 3.05) is 0 Å². The smallest absolute Gasteiger partial charge is 0.271 e. The number of halogens is 1. The van der Waals surface area contributed by atoms with Gasteiger partial charge in [-0.2, -0.15) is 0 Å². The molecule has 10 heteroatoms. The van der Waals surface area contributed by atoms with E-state index in [0.29, 0.717) is 29.4 Å². The van der Waals surface area contributed by atoms with Crippen LogP contribution in [0, 0.1) is 0 Å². The van der Waals surface area contributed by atoms with Crippen LogP contribution in [0.25, 0.3) is 5.69 Å². The van der Waals surface area contributed by atoms with E-state index in [2.05, 4.69) is 37.6 Å². The second-order valence-corrected chi connectivity index (χ2v) is 10.2. The summed E-state index contributed by atoms with van der Waals surface area (Å²) in [7, 11) is 0. The number of benzene rings is 2. The Bertz CT molecular complexity index is 1460. The van der Waals surface area contributed by atoms with E-state index in [1.807, 2.05) is 59.2 Å². The number of carbonyl (C=O) groups excluding carboxylic acids is 1. The maximum atomic E-state index is 12.5. The van der Waals surface area contributed by atoms with Gasteiger partial charge in [0.15, 0.2) is 5.16 Å². The first-order chi connectivity index (χ1) is 17.7. The minimum Gasteiger partial charge on any atom is -0.347 e. The molecule has 180 valence electrons. The molecule has 5 rings (SSSR count). The summed E-state index contributed by atoms with van der Waals surface area (Å²) < 4.78 is 2.03. The van der Waals surface area contributed by atoms with Gasteiger partial charge in [-0.1, -0.05) is 65.8 Å². The van der Waals surface area contributed by atoms with Gasteiger partial charge in [-0.05, 0) is 35.4 Å². The SMILES string of the molecule is O=C(NCc1cccnc1)c1csc(CSc2nnc(Cc3ccccc3)n2-c2cccc(Cl)c2)n1. The molecular weight excluding hydrogens is 512 g/mol. The quantitative estimate of drug-likeness (QED) is 0.249. The van der Waals surface area contributed by atoms with Crippen LogP contribution in [0.5, 0.6) is 0 Å². The molecule has 0 aliphatic carbocycles. The number of hydrogen-bond acceptors (Lipinski definition) is 7. The van der Waals surface area contributed by atoms with Crippen molar-refractivity contribution in [2.24, 2.45) is 0 Å². The van der Waals surface area contributed by atoms with Gasteiger partial charge in [-0.15, -0.1) is 21.5 Å².